The van der Waals surface area contributed by atoms with Gasteiger partial charge in [-0.1, -0.05) is 0 Å². The number of aromatic nitrogens is 2. The van der Waals surface area contributed by atoms with Gasteiger partial charge in [0.25, 0.3) is 0 Å². The minimum atomic E-state index is 0.300. The van der Waals surface area contributed by atoms with E-state index < -0.39 is 0 Å². The first-order valence-corrected chi connectivity index (χ1v) is 7.53. The summed E-state index contributed by atoms with van der Waals surface area (Å²) in [6.07, 6.45) is 6.26. The lowest BCUT2D eigenvalue weighted by molar-refractivity contribution is 0.0681. The average Bonchev–Trinajstić information content (AvgIpc) is 3.16. The van der Waals surface area contributed by atoms with E-state index in [4.69, 9.17) is 10.7 Å². The first-order chi connectivity index (χ1) is 9.50. The Bertz CT molecular complexity index is 491. The predicted molar refractivity (Wildman–Crippen MR) is 82.0 cm³/mol. The van der Waals surface area contributed by atoms with E-state index >= 15 is 0 Å². The van der Waals surface area contributed by atoms with Gasteiger partial charge in [0.2, 0.25) is 0 Å². The normalized spacial score (nSPS) is 20.8. The van der Waals surface area contributed by atoms with Crippen LogP contribution in [0.4, 0.5) is 11.6 Å². The highest BCUT2D eigenvalue weighted by atomic mass is 15.3. The fourth-order valence-electron chi connectivity index (χ4n) is 3.05. The standard InChI is InChI=1S/C15H25N5/c1-19(2)15(7-4-8-15)10-20(3)13-9-12(16)17-14(18-13)11-5-6-11/h9,11H,4-8,10H2,1-3H3,(H2,16,17,18). The van der Waals surface area contributed by atoms with E-state index in [1.807, 2.05) is 6.07 Å². The minimum Gasteiger partial charge on any atom is -0.384 e. The van der Waals surface area contributed by atoms with Gasteiger partial charge >= 0.3 is 0 Å². The van der Waals surface area contributed by atoms with Crippen LogP contribution < -0.4 is 10.6 Å². The molecule has 2 saturated carbocycles. The molecule has 0 aliphatic heterocycles. The summed E-state index contributed by atoms with van der Waals surface area (Å²) in [7, 11) is 6.47. The number of rotatable bonds is 5. The molecule has 0 atom stereocenters. The molecule has 2 N–H and O–H groups in total. The third-order valence-corrected chi connectivity index (χ3v) is 4.85. The Morgan fingerprint density at radius 2 is 1.95 bits per heavy atom. The van der Waals surface area contributed by atoms with Crippen LogP contribution in [0.2, 0.25) is 0 Å². The van der Waals surface area contributed by atoms with Gasteiger partial charge in [0, 0.05) is 31.1 Å². The van der Waals surface area contributed by atoms with Gasteiger partial charge in [-0.15, -0.1) is 0 Å². The van der Waals surface area contributed by atoms with E-state index in [2.05, 4.69) is 35.9 Å². The summed E-state index contributed by atoms with van der Waals surface area (Å²) in [5, 5.41) is 0. The summed E-state index contributed by atoms with van der Waals surface area (Å²) in [5.41, 5.74) is 6.24. The molecule has 110 valence electrons. The lowest BCUT2D eigenvalue weighted by atomic mass is 9.75. The maximum atomic E-state index is 5.94. The Balaban J connectivity index is 1.78. The molecule has 1 aromatic rings. The van der Waals surface area contributed by atoms with Crippen LogP contribution >= 0.6 is 0 Å². The molecule has 0 spiro atoms. The van der Waals surface area contributed by atoms with Crippen LogP contribution in [-0.2, 0) is 0 Å². The van der Waals surface area contributed by atoms with E-state index in [0.29, 0.717) is 17.3 Å². The topological polar surface area (TPSA) is 58.3 Å². The van der Waals surface area contributed by atoms with Crippen molar-refractivity contribution in [2.45, 2.75) is 43.6 Å². The van der Waals surface area contributed by atoms with Gasteiger partial charge in [0.05, 0.1) is 0 Å². The second kappa shape index (κ2) is 4.88. The SMILES string of the molecule is CN(CC1(N(C)C)CCC1)c1cc(N)nc(C2CC2)n1. The lowest BCUT2D eigenvalue weighted by Crippen LogP contribution is -2.56. The van der Waals surface area contributed by atoms with Gasteiger partial charge in [-0.3, -0.25) is 0 Å². The summed E-state index contributed by atoms with van der Waals surface area (Å²) < 4.78 is 0. The maximum Gasteiger partial charge on any atom is 0.136 e. The zero-order valence-electron chi connectivity index (χ0n) is 12.8. The number of likely N-dealkylation sites (N-methyl/N-ethyl adjacent to an activating group) is 2. The van der Waals surface area contributed by atoms with Crippen LogP contribution in [-0.4, -0.2) is 48.1 Å². The first-order valence-electron chi connectivity index (χ1n) is 7.53. The van der Waals surface area contributed by atoms with E-state index in [0.717, 1.165) is 18.2 Å². The van der Waals surface area contributed by atoms with Crippen molar-refractivity contribution < 1.29 is 0 Å². The highest BCUT2D eigenvalue weighted by molar-refractivity contribution is 5.47. The summed E-state index contributed by atoms with van der Waals surface area (Å²) in [6.45, 7) is 1.00. The predicted octanol–water partition coefficient (Wildman–Crippen LogP) is 1.86. The van der Waals surface area contributed by atoms with Gasteiger partial charge in [-0.2, -0.15) is 0 Å². The molecular formula is C15H25N5. The third kappa shape index (κ3) is 2.46. The van der Waals surface area contributed by atoms with Crippen LogP contribution in [0.3, 0.4) is 0 Å². The number of nitrogens with two attached hydrogens (primary N) is 1. The number of anilines is 2. The Labute approximate surface area is 121 Å². The van der Waals surface area contributed by atoms with Gasteiger partial charge in [-0.25, -0.2) is 9.97 Å². The van der Waals surface area contributed by atoms with Crippen molar-refractivity contribution in [3.8, 4) is 0 Å². The molecule has 5 heteroatoms. The van der Waals surface area contributed by atoms with Crippen molar-refractivity contribution in [3.63, 3.8) is 0 Å². The monoisotopic (exact) mass is 275 g/mol. The maximum absolute atomic E-state index is 5.94. The zero-order valence-corrected chi connectivity index (χ0v) is 12.8. The molecule has 3 rings (SSSR count). The number of hydrogen-bond donors (Lipinski definition) is 1. The molecule has 0 amide bonds. The van der Waals surface area contributed by atoms with Crippen molar-refractivity contribution >= 4 is 11.6 Å². The van der Waals surface area contributed by atoms with Crippen LogP contribution in [0, 0.1) is 0 Å². The smallest absolute Gasteiger partial charge is 0.136 e. The van der Waals surface area contributed by atoms with Crippen molar-refractivity contribution in [3.05, 3.63) is 11.9 Å². The average molecular weight is 275 g/mol. The molecule has 2 aliphatic rings. The lowest BCUT2D eigenvalue weighted by Gasteiger charge is -2.49. The van der Waals surface area contributed by atoms with Gasteiger partial charge in [-0.05, 0) is 46.2 Å². The molecule has 2 fully saturated rings. The number of nitrogens with zero attached hydrogens (tertiary/aromatic N) is 4. The quantitative estimate of drug-likeness (QED) is 0.889. The molecule has 1 aromatic heterocycles. The van der Waals surface area contributed by atoms with E-state index in [1.165, 1.54) is 32.1 Å². The summed E-state index contributed by atoms with van der Waals surface area (Å²) >= 11 is 0. The molecule has 20 heavy (non-hydrogen) atoms. The van der Waals surface area contributed by atoms with Gasteiger partial charge < -0.3 is 15.5 Å². The first kappa shape index (κ1) is 13.6. The highest BCUT2D eigenvalue weighted by Gasteiger charge is 2.40. The second-order valence-electron chi connectivity index (χ2n) is 6.61. The van der Waals surface area contributed by atoms with Gasteiger partial charge in [0.1, 0.15) is 17.5 Å². The molecule has 2 aliphatic carbocycles. The van der Waals surface area contributed by atoms with Crippen LogP contribution in [0.15, 0.2) is 6.07 Å². The van der Waals surface area contributed by atoms with Crippen molar-refractivity contribution in [1.82, 2.24) is 14.9 Å². The van der Waals surface area contributed by atoms with E-state index in [1.54, 1.807) is 0 Å². The van der Waals surface area contributed by atoms with Crippen LogP contribution in [0.25, 0.3) is 0 Å². The molecular weight excluding hydrogens is 250 g/mol. The largest absolute Gasteiger partial charge is 0.384 e. The molecule has 0 aromatic carbocycles. The second-order valence-corrected chi connectivity index (χ2v) is 6.61. The van der Waals surface area contributed by atoms with E-state index in [9.17, 15) is 0 Å². The van der Waals surface area contributed by atoms with Crippen molar-refractivity contribution in [2.24, 2.45) is 0 Å². The van der Waals surface area contributed by atoms with Crippen LogP contribution in [0.5, 0.6) is 0 Å². The zero-order chi connectivity index (χ0) is 14.3. The van der Waals surface area contributed by atoms with Crippen molar-refractivity contribution in [2.75, 3.05) is 38.3 Å². The molecule has 5 nitrogen and oxygen atoms in total. The summed E-state index contributed by atoms with van der Waals surface area (Å²) in [6, 6.07) is 1.90. The Hall–Kier alpha value is -1.36. The summed E-state index contributed by atoms with van der Waals surface area (Å²) in [5.74, 6) is 3.03. The molecule has 0 radical (unpaired) electrons. The van der Waals surface area contributed by atoms with Crippen molar-refractivity contribution in [1.29, 1.82) is 0 Å². The highest BCUT2D eigenvalue weighted by Crippen LogP contribution is 2.40. The number of hydrogen-bond acceptors (Lipinski definition) is 5. The Morgan fingerprint density at radius 3 is 2.45 bits per heavy atom. The molecule has 1 heterocycles. The Kier molecular flexibility index (Phi) is 3.32. The fourth-order valence-corrected chi connectivity index (χ4v) is 3.05. The Morgan fingerprint density at radius 1 is 1.25 bits per heavy atom. The third-order valence-electron chi connectivity index (χ3n) is 4.85. The minimum absolute atomic E-state index is 0.300. The van der Waals surface area contributed by atoms with E-state index in [-0.39, 0.29) is 0 Å². The fraction of sp³-hybridized carbons (Fsp3) is 0.733. The van der Waals surface area contributed by atoms with Crippen LogP contribution in [0.1, 0.15) is 43.8 Å². The summed E-state index contributed by atoms with van der Waals surface area (Å²) in [4.78, 5) is 13.7. The molecule has 0 bridgehead atoms. The number of nitrogen functional groups attached to an aromatic ring is 1. The molecule has 0 unspecified atom stereocenters. The van der Waals surface area contributed by atoms with Gasteiger partial charge in [0.15, 0.2) is 0 Å². The molecule has 0 saturated heterocycles.